The molecule has 1 aromatic heterocycles. The molecule has 0 radical (unpaired) electrons. The molecule has 1 amide bonds. The normalized spacial score (nSPS) is 12.6. The zero-order valence-corrected chi connectivity index (χ0v) is 18.1. The van der Waals surface area contributed by atoms with Crippen LogP contribution in [0.15, 0.2) is 41.6 Å². The summed E-state index contributed by atoms with van der Waals surface area (Å²) in [5, 5.41) is 12.3. The molecule has 3 aromatic rings. The van der Waals surface area contributed by atoms with E-state index in [1.807, 2.05) is 55.7 Å². The van der Waals surface area contributed by atoms with Crippen LogP contribution >= 0.6 is 11.8 Å². The number of anilines is 1. The van der Waals surface area contributed by atoms with E-state index in [1.54, 1.807) is 0 Å². The average molecular weight is 425 g/mol. The summed E-state index contributed by atoms with van der Waals surface area (Å²) in [6.07, 6.45) is 0. The van der Waals surface area contributed by atoms with Crippen molar-refractivity contribution in [3.63, 3.8) is 0 Å². The van der Waals surface area contributed by atoms with Crippen molar-refractivity contribution in [3.8, 4) is 22.9 Å². The fourth-order valence-corrected chi connectivity index (χ4v) is 4.15. The Bertz CT molecular complexity index is 1080. The highest BCUT2D eigenvalue weighted by Gasteiger charge is 2.18. The monoisotopic (exact) mass is 424 g/mol. The molecule has 0 saturated heterocycles. The number of amides is 1. The fourth-order valence-electron chi connectivity index (χ4n) is 3.35. The van der Waals surface area contributed by atoms with Gasteiger partial charge in [-0.15, -0.1) is 10.2 Å². The van der Waals surface area contributed by atoms with E-state index in [0.717, 1.165) is 28.4 Å². The Morgan fingerprint density at radius 3 is 2.67 bits per heavy atom. The standard InChI is InChI=1S/C22H24N4O3S/c1-4-26-21(16-6-8-18-19(12-16)29-10-9-28-18)24-25-22(26)30-13-20(27)23-17-7-5-14(2)11-15(17)3/h5-8,11-12H,4,9-10,13H2,1-3H3,(H,23,27). The van der Waals surface area contributed by atoms with Gasteiger partial charge < -0.3 is 19.4 Å². The minimum atomic E-state index is -0.0708. The molecule has 4 rings (SSSR count). The third kappa shape index (κ3) is 4.28. The number of rotatable bonds is 6. The van der Waals surface area contributed by atoms with Crippen molar-refractivity contribution in [1.29, 1.82) is 0 Å². The van der Waals surface area contributed by atoms with Crippen LogP contribution in [0, 0.1) is 13.8 Å². The molecule has 1 aliphatic rings. The summed E-state index contributed by atoms with van der Waals surface area (Å²) in [5.74, 6) is 2.38. The maximum Gasteiger partial charge on any atom is 0.234 e. The van der Waals surface area contributed by atoms with Crippen LogP contribution in [0.4, 0.5) is 5.69 Å². The summed E-state index contributed by atoms with van der Waals surface area (Å²) >= 11 is 1.37. The molecule has 0 bridgehead atoms. The third-order valence-electron chi connectivity index (χ3n) is 4.82. The number of benzene rings is 2. The lowest BCUT2D eigenvalue weighted by Gasteiger charge is -2.18. The van der Waals surface area contributed by atoms with Gasteiger partial charge in [0.15, 0.2) is 22.5 Å². The highest BCUT2D eigenvalue weighted by atomic mass is 32.2. The first-order valence-corrected chi connectivity index (χ1v) is 10.9. The molecule has 1 N–H and O–H groups in total. The summed E-state index contributed by atoms with van der Waals surface area (Å²) in [6, 6.07) is 11.7. The van der Waals surface area contributed by atoms with Gasteiger partial charge in [-0.2, -0.15) is 0 Å². The summed E-state index contributed by atoms with van der Waals surface area (Å²) in [7, 11) is 0. The van der Waals surface area contributed by atoms with Gasteiger partial charge in [0.25, 0.3) is 0 Å². The van der Waals surface area contributed by atoms with E-state index in [-0.39, 0.29) is 11.7 Å². The first-order valence-electron chi connectivity index (χ1n) is 9.88. The molecule has 30 heavy (non-hydrogen) atoms. The predicted octanol–water partition coefficient (Wildman–Crippen LogP) is 4.08. The lowest BCUT2D eigenvalue weighted by Crippen LogP contribution is -2.15. The van der Waals surface area contributed by atoms with Gasteiger partial charge in [0.1, 0.15) is 13.2 Å². The van der Waals surface area contributed by atoms with E-state index >= 15 is 0 Å². The number of fused-ring (bicyclic) bond motifs is 1. The summed E-state index contributed by atoms with van der Waals surface area (Å²) in [4.78, 5) is 12.4. The molecule has 0 spiro atoms. The number of hydrogen-bond donors (Lipinski definition) is 1. The van der Waals surface area contributed by atoms with E-state index in [1.165, 1.54) is 17.3 Å². The van der Waals surface area contributed by atoms with Crippen LogP contribution in [0.2, 0.25) is 0 Å². The highest BCUT2D eigenvalue weighted by molar-refractivity contribution is 7.99. The van der Waals surface area contributed by atoms with Crippen molar-refractivity contribution in [2.45, 2.75) is 32.5 Å². The summed E-state index contributed by atoms with van der Waals surface area (Å²) in [6.45, 7) is 7.84. The summed E-state index contributed by atoms with van der Waals surface area (Å²) in [5.41, 5.74) is 3.95. The Morgan fingerprint density at radius 1 is 1.10 bits per heavy atom. The molecule has 156 valence electrons. The molecular weight excluding hydrogens is 400 g/mol. The van der Waals surface area contributed by atoms with E-state index in [0.29, 0.717) is 30.7 Å². The number of hydrogen-bond acceptors (Lipinski definition) is 6. The number of aryl methyl sites for hydroxylation is 2. The van der Waals surface area contributed by atoms with Gasteiger partial charge in [-0.3, -0.25) is 4.79 Å². The Labute approximate surface area is 179 Å². The van der Waals surface area contributed by atoms with Crippen molar-refractivity contribution in [2.24, 2.45) is 0 Å². The van der Waals surface area contributed by atoms with E-state index < -0.39 is 0 Å². The van der Waals surface area contributed by atoms with Crippen LogP contribution < -0.4 is 14.8 Å². The van der Waals surface area contributed by atoms with Crippen molar-refractivity contribution in [1.82, 2.24) is 14.8 Å². The van der Waals surface area contributed by atoms with Crippen LogP contribution in [-0.4, -0.2) is 39.6 Å². The minimum Gasteiger partial charge on any atom is -0.486 e. The Kier molecular flexibility index (Phi) is 5.94. The molecule has 0 atom stereocenters. The smallest absolute Gasteiger partial charge is 0.234 e. The van der Waals surface area contributed by atoms with Crippen molar-refractivity contribution < 1.29 is 14.3 Å². The molecule has 0 saturated carbocycles. The molecule has 7 nitrogen and oxygen atoms in total. The number of carbonyl (C=O) groups is 1. The molecule has 2 aromatic carbocycles. The van der Waals surface area contributed by atoms with Crippen LogP contribution in [0.3, 0.4) is 0 Å². The third-order valence-corrected chi connectivity index (χ3v) is 5.79. The van der Waals surface area contributed by atoms with Gasteiger partial charge in [-0.25, -0.2) is 0 Å². The Morgan fingerprint density at radius 2 is 1.90 bits per heavy atom. The molecule has 1 aliphatic heterocycles. The maximum absolute atomic E-state index is 12.4. The van der Waals surface area contributed by atoms with Crippen LogP contribution in [0.25, 0.3) is 11.4 Å². The second-order valence-electron chi connectivity index (χ2n) is 7.06. The SMILES string of the molecule is CCn1c(SCC(=O)Nc2ccc(C)cc2C)nnc1-c1ccc2c(c1)OCCO2. The number of ether oxygens (including phenoxy) is 2. The second kappa shape index (κ2) is 8.79. The van der Waals surface area contributed by atoms with Gasteiger partial charge in [0, 0.05) is 17.8 Å². The molecule has 0 unspecified atom stereocenters. The lowest BCUT2D eigenvalue weighted by atomic mass is 10.1. The Hall–Kier alpha value is -3.00. The van der Waals surface area contributed by atoms with Gasteiger partial charge >= 0.3 is 0 Å². The second-order valence-corrected chi connectivity index (χ2v) is 8.01. The molecule has 2 heterocycles. The van der Waals surface area contributed by atoms with E-state index in [9.17, 15) is 4.79 Å². The van der Waals surface area contributed by atoms with Crippen LogP contribution in [0.5, 0.6) is 11.5 Å². The Balaban J connectivity index is 1.46. The topological polar surface area (TPSA) is 78.3 Å². The number of aromatic nitrogens is 3. The van der Waals surface area contributed by atoms with Gasteiger partial charge in [0.2, 0.25) is 5.91 Å². The predicted molar refractivity (Wildman–Crippen MR) is 117 cm³/mol. The highest BCUT2D eigenvalue weighted by Crippen LogP contribution is 2.34. The fraction of sp³-hybridized carbons (Fsp3) is 0.318. The van der Waals surface area contributed by atoms with Gasteiger partial charge in [0.05, 0.1) is 5.75 Å². The van der Waals surface area contributed by atoms with E-state index in [2.05, 4.69) is 21.6 Å². The van der Waals surface area contributed by atoms with E-state index in [4.69, 9.17) is 9.47 Å². The average Bonchev–Trinajstić information content (AvgIpc) is 3.17. The van der Waals surface area contributed by atoms with Gasteiger partial charge in [-0.1, -0.05) is 29.5 Å². The molecule has 0 fully saturated rings. The van der Waals surface area contributed by atoms with Crippen LogP contribution in [-0.2, 0) is 11.3 Å². The first-order chi connectivity index (χ1) is 14.5. The largest absolute Gasteiger partial charge is 0.486 e. The van der Waals surface area contributed by atoms with Crippen LogP contribution in [0.1, 0.15) is 18.1 Å². The van der Waals surface area contributed by atoms with Crippen molar-refractivity contribution in [3.05, 3.63) is 47.5 Å². The zero-order valence-electron chi connectivity index (χ0n) is 17.3. The number of nitrogens with zero attached hydrogens (tertiary/aromatic N) is 3. The van der Waals surface area contributed by atoms with Crippen molar-refractivity contribution in [2.75, 3.05) is 24.3 Å². The minimum absolute atomic E-state index is 0.0708. The maximum atomic E-state index is 12.4. The summed E-state index contributed by atoms with van der Waals surface area (Å²) < 4.78 is 13.3. The zero-order chi connectivity index (χ0) is 21.1. The molecule has 0 aliphatic carbocycles. The number of carbonyl (C=O) groups excluding carboxylic acids is 1. The first kappa shape index (κ1) is 20.3. The number of nitrogens with one attached hydrogen (secondary N) is 1. The molecule has 8 heteroatoms. The number of thioether (sulfide) groups is 1. The molecular formula is C22H24N4O3S. The van der Waals surface area contributed by atoms with Crippen molar-refractivity contribution >= 4 is 23.4 Å². The quantitative estimate of drug-likeness (QED) is 0.601. The van der Waals surface area contributed by atoms with Gasteiger partial charge in [-0.05, 0) is 50.6 Å². The lowest BCUT2D eigenvalue weighted by molar-refractivity contribution is -0.113.